The molecule has 0 rings (SSSR count). The number of hydrogen-bond donors (Lipinski definition) is 4. The van der Waals surface area contributed by atoms with Crippen LogP contribution in [0.5, 0.6) is 0 Å². The molecule has 0 saturated heterocycles. The highest BCUT2D eigenvalue weighted by Gasteiger charge is 2.23. The molecule has 0 aromatic heterocycles. The van der Waals surface area contributed by atoms with Crippen molar-refractivity contribution in [2.24, 2.45) is 0 Å². The summed E-state index contributed by atoms with van der Waals surface area (Å²) in [5.41, 5.74) is 0. The lowest BCUT2D eigenvalue weighted by atomic mass is 10.0. The Morgan fingerprint density at radius 2 is 1.00 bits per heavy atom. The Bertz CT molecular complexity index is 650. The second-order valence-electron chi connectivity index (χ2n) is 13.1. The highest BCUT2D eigenvalue weighted by atomic mass is 16.3. The molecular formula is C39H75NO4. The number of allylic oxidation sites excluding steroid dienone is 4. The molecule has 5 heteroatoms. The first-order valence-electron chi connectivity index (χ1n) is 19.1. The normalized spacial score (nSPS) is 14.0. The molecule has 0 radical (unpaired) electrons. The summed E-state index contributed by atoms with van der Waals surface area (Å²) in [6.45, 7) is 4.10. The minimum atomic E-state index is -1.07. The van der Waals surface area contributed by atoms with E-state index in [1.165, 1.54) is 122 Å². The average molecular weight is 622 g/mol. The number of unbranched alkanes of at least 4 members (excludes halogenated alkanes) is 22. The van der Waals surface area contributed by atoms with E-state index in [2.05, 4.69) is 43.5 Å². The predicted molar refractivity (Wildman–Crippen MR) is 190 cm³/mol. The third-order valence-electron chi connectivity index (χ3n) is 8.83. The van der Waals surface area contributed by atoms with E-state index in [1.807, 2.05) is 0 Å². The van der Waals surface area contributed by atoms with Crippen LogP contribution in [0.3, 0.4) is 0 Å². The van der Waals surface area contributed by atoms with Crippen molar-refractivity contribution in [3.63, 3.8) is 0 Å². The fourth-order valence-corrected chi connectivity index (χ4v) is 5.82. The van der Waals surface area contributed by atoms with Gasteiger partial charge in [0, 0.05) is 0 Å². The van der Waals surface area contributed by atoms with Gasteiger partial charge in [0.15, 0.2) is 0 Å². The largest absolute Gasteiger partial charge is 0.394 e. The molecule has 0 aliphatic carbocycles. The van der Waals surface area contributed by atoms with Crippen LogP contribution in [-0.4, -0.2) is 46.1 Å². The van der Waals surface area contributed by atoms with Gasteiger partial charge in [-0.3, -0.25) is 4.79 Å². The van der Waals surface area contributed by atoms with Crippen molar-refractivity contribution in [3.05, 3.63) is 24.3 Å². The van der Waals surface area contributed by atoms with E-state index >= 15 is 0 Å². The Hall–Kier alpha value is -1.17. The zero-order valence-corrected chi connectivity index (χ0v) is 29.3. The van der Waals surface area contributed by atoms with Gasteiger partial charge in [-0.25, -0.2) is 0 Å². The lowest BCUT2D eigenvalue weighted by Crippen LogP contribution is -2.49. The highest BCUT2D eigenvalue weighted by Crippen LogP contribution is 2.15. The summed E-state index contributed by atoms with van der Waals surface area (Å²) in [7, 11) is 0. The fourth-order valence-electron chi connectivity index (χ4n) is 5.82. The molecule has 0 aromatic carbocycles. The minimum Gasteiger partial charge on any atom is -0.394 e. The topological polar surface area (TPSA) is 89.8 Å². The van der Waals surface area contributed by atoms with Gasteiger partial charge in [0.25, 0.3) is 0 Å². The minimum absolute atomic E-state index is 0.313. The number of rotatable bonds is 34. The quantitative estimate of drug-likeness (QED) is 0.0425. The van der Waals surface area contributed by atoms with Crippen LogP contribution in [0.15, 0.2) is 24.3 Å². The average Bonchev–Trinajstić information content (AvgIpc) is 3.03. The molecule has 0 aliphatic rings. The predicted octanol–water partition coefficient (Wildman–Crippen LogP) is 10.3. The molecule has 3 atom stereocenters. The first-order valence-corrected chi connectivity index (χ1v) is 19.1. The number of amides is 1. The van der Waals surface area contributed by atoms with E-state index in [4.69, 9.17) is 0 Å². The van der Waals surface area contributed by atoms with Gasteiger partial charge in [-0.1, -0.05) is 179 Å². The lowest BCUT2D eigenvalue weighted by Gasteiger charge is -2.23. The first kappa shape index (κ1) is 42.8. The van der Waals surface area contributed by atoms with Gasteiger partial charge < -0.3 is 20.6 Å². The van der Waals surface area contributed by atoms with E-state index in [0.717, 1.165) is 44.9 Å². The van der Waals surface area contributed by atoms with Crippen molar-refractivity contribution in [1.29, 1.82) is 0 Å². The van der Waals surface area contributed by atoms with Gasteiger partial charge in [0.05, 0.1) is 18.8 Å². The maximum absolute atomic E-state index is 12.4. The Balaban J connectivity index is 3.61. The van der Waals surface area contributed by atoms with Crippen LogP contribution >= 0.6 is 0 Å². The van der Waals surface area contributed by atoms with Crippen molar-refractivity contribution in [3.8, 4) is 0 Å². The van der Waals surface area contributed by atoms with Crippen LogP contribution in [0, 0.1) is 0 Å². The molecule has 260 valence electrons. The molecule has 0 aliphatic heterocycles. The Morgan fingerprint density at radius 3 is 1.48 bits per heavy atom. The summed E-state index contributed by atoms with van der Waals surface area (Å²) in [5.74, 6) is -0.474. The zero-order valence-electron chi connectivity index (χ0n) is 29.3. The van der Waals surface area contributed by atoms with Gasteiger partial charge in [0.2, 0.25) is 5.91 Å². The van der Waals surface area contributed by atoms with Crippen LogP contribution in [0.4, 0.5) is 0 Å². The number of aliphatic hydroxyl groups is 3. The molecule has 1 amide bonds. The van der Waals surface area contributed by atoms with Crippen LogP contribution < -0.4 is 5.32 Å². The van der Waals surface area contributed by atoms with E-state index in [1.54, 1.807) is 0 Å². The van der Waals surface area contributed by atoms with Gasteiger partial charge in [-0.15, -0.1) is 0 Å². The van der Waals surface area contributed by atoms with E-state index in [0.29, 0.717) is 12.8 Å². The van der Waals surface area contributed by atoms with E-state index in [-0.39, 0.29) is 6.61 Å². The molecule has 0 saturated carbocycles. The summed E-state index contributed by atoms with van der Waals surface area (Å²) in [4.78, 5) is 12.4. The summed E-state index contributed by atoms with van der Waals surface area (Å²) in [6, 6.07) is -0.707. The molecule has 3 unspecified atom stereocenters. The Labute approximate surface area is 273 Å². The molecule has 0 aromatic rings. The lowest BCUT2D eigenvalue weighted by molar-refractivity contribution is -0.131. The molecule has 44 heavy (non-hydrogen) atoms. The number of aliphatic hydroxyl groups excluding tert-OH is 3. The molecule has 0 heterocycles. The third kappa shape index (κ3) is 29.5. The molecule has 5 nitrogen and oxygen atoms in total. The molecule has 0 fully saturated rings. The summed E-state index contributed by atoms with van der Waals surface area (Å²) >= 11 is 0. The number of hydrogen-bond acceptors (Lipinski definition) is 4. The smallest absolute Gasteiger partial charge is 0.249 e. The van der Waals surface area contributed by atoms with E-state index < -0.39 is 24.2 Å². The van der Waals surface area contributed by atoms with Gasteiger partial charge in [-0.05, 0) is 38.5 Å². The SMILES string of the molecule is CC/C=C\C/C=C\CCCCCCCCCCCCCCCC(O)C(=O)NC(CO)C(O)CCCCCCCCCCCC. The number of carbonyl (C=O) groups is 1. The number of nitrogens with one attached hydrogen (secondary N) is 1. The molecule has 0 bridgehead atoms. The number of carbonyl (C=O) groups excluding carboxylic acids is 1. The van der Waals surface area contributed by atoms with Crippen LogP contribution in [-0.2, 0) is 4.79 Å². The van der Waals surface area contributed by atoms with Crippen LogP contribution in [0.1, 0.15) is 194 Å². The standard InChI is InChI=1S/C39H75NO4/c1-3-5-7-9-11-13-15-16-17-18-19-20-21-22-23-24-26-28-30-32-34-38(43)39(44)40-36(35-41)37(42)33-31-29-27-25-14-12-10-8-6-4-2/h5,7,11,13,36-38,41-43H,3-4,6,8-10,12,14-35H2,1-2H3,(H,40,44)/b7-5-,13-11-. The van der Waals surface area contributed by atoms with Crippen molar-refractivity contribution >= 4 is 5.91 Å². The van der Waals surface area contributed by atoms with Crippen molar-refractivity contribution in [2.45, 2.75) is 212 Å². The summed E-state index contributed by atoms with van der Waals surface area (Å²) in [6.07, 6.45) is 40.3. The highest BCUT2D eigenvalue weighted by molar-refractivity contribution is 5.80. The molecule has 4 N–H and O–H groups in total. The summed E-state index contributed by atoms with van der Waals surface area (Å²) < 4.78 is 0. The summed E-state index contributed by atoms with van der Waals surface area (Å²) in [5, 5.41) is 33.1. The van der Waals surface area contributed by atoms with Crippen LogP contribution in [0.25, 0.3) is 0 Å². The molecular weight excluding hydrogens is 546 g/mol. The van der Waals surface area contributed by atoms with Gasteiger partial charge >= 0.3 is 0 Å². The maximum atomic E-state index is 12.4. The zero-order chi connectivity index (χ0) is 32.4. The molecule has 0 spiro atoms. The maximum Gasteiger partial charge on any atom is 0.249 e. The van der Waals surface area contributed by atoms with Crippen molar-refractivity contribution in [1.82, 2.24) is 5.32 Å². The Morgan fingerprint density at radius 1 is 0.568 bits per heavy atom. The second kappa shape index (κ2) is 34.7. The van der Waals surface area contributed by atoms with Gasteiger partial charge in [0.1, 0.15) is 6.10 Å². The fraction of sp³-hybridized carbons (Fsp3) is 0.872. The van der Waals surface area contributed by atoms with Gasteiger partial charge in [-0.2, -0.15) is 0 Å². The van der Waals surface area contributed by atoms with Crippen molar-refractivity contribution < 1.29 is 20.1 Å². The van der Waals surface area contributed by atoms with E-state index in [9.17, 15) is 20.1 Å². The Kier molecular flexibility index (Phi) is 33.8. The monoisotopic (exact) mass is 622 g/mol. The third-order valence-corrected chi connectivity index (χ3v) is 8.83. The first-order chi connectivity index (χ1) is 21.6. The second-order valence-corrected chi connectivity index (χ2v) is 13.1. The van der Waals surface area contributed by atoms with Crippen LogP contribution in [0.2, 0.25) is 0 Å². The van der Waals surface area contributed by atoms with Crippen molar-refractivity contribution in [2.75, 3.05) is 6.61 Å².